The molecule has 0 saturated carbocycles. The van der Waals surface area contributed by atoms with E-state index >= 15 is 0 Å². The summed E-state index contributed by atoms with van der Waals surface area (Å²) in [6.45, 7) is 3.78. The molecule has 0 saturated heterocycles. The number of aryl methyl sites for hydroxylation is 1. The fraction of sp³-hybridized carbons (Fsp3) is 0.391. The molecule has 0 aliphatic heterocycles. The van der Waals surface area contributed by atoms with Gasteiger partial charge in [-0.1, -0.05) is 25.1 Å². The number of alkyl halides is 7. The van der Waals surface area contributed by atoms with Crippen LogP contribution in [0.3, 0.4) is 0 Å². The van der Waals surface area contributed by atoms with E-state index in [2.05, 4.69) is 4.72 Å². The topological polar surface area (TPSA) is 110 Å². The first-order valence-electron chi connectivity index (χ1n) is 11.0. The maximum atomic E-state index is 14.7. The van der Waals surface area contributed by atoms with Crippen molar-refractivity contribution >= 4 is 50.1 Å². The maximum absolute atomic E-state index is 14.7. The second-order valence-electron chi connectivity index (χ2n) is 8.49. The SMILES string of the molecule is CCNS(=O)(=O)CC(C)N(C(=O)c1c(I)cccc1C(N)=O)c1ccc(C(F)(C(F)(F)F)C(F)(F)F)cc1C. The van der Waals surface area contributed by atoms with Gasteiger partial charge in [0.2, 0.25) is 15.9 Å². The summed E-state index contributed by atoms with van der Waals surface area (Å²) in [6.07, 6.45) is -12.7. The lowest BCUT2D eigenvalue weighted by atomic mass is 9.92. The van der Waals surface area contributed by atoms with E-state index in [1.54, 1.807) is 22.6 Å². The number of amides is 2. The molecule has 216 valence electrons. The largest absolute Gasteiger partial charge is 0.435 e. The number of benzene rings is 2. The van der Waals surface area contributed by atoms with Crippen molar-refractivity contribution in [3.8, 4) is 0 Å². The van der Waals surface area contributed by atoms with Gasteiger partial charge in [0.15, 0.2) is 0 Å². The molecular weight excluding hydrogens is 674 g/mol. The highest BCUT2D eigenvalue weighted by molar-refractivity contribution is 14.1. The summed E-state index contributed by atoms with van der Waals surface area (Å²) < 4.78 is 122. The molecule has 0 bridgehead atoms. The van der Waals surface area contributed by atoms with Gasteiger partial charge in [0, 0.05) is 27.4 Å². The number of hydrogen-bond donors (Lipinski definition) is 2. The highest BCUT2D eigenvalue weighted by Gasteiger charge is 2.73. The number of nitrogens with two attached hydrogens (primary N) is 1. The number of nitrogens with zero attached hydrogens (tertiary/aromatic N) is 1. The summed E-state index contributed by atoms with van der Waals surface area (Å²) in [4.78, 5) is 26.6. The van der Waals surface area contributed by atoms with Gasteiger partial charge in [-0.25, -0.2) is 17.5 Å². The van der Waals surface area contributed by atoms with E-state index in [0.29, 0.717) is 6.07 Å². The van der Waals surface area contributed by atoms with Crippen molar-refractivity contribution in [1.29, 1.82) is 0 Å². The van der Waals surface area contributed by atoms with Gasteiger partial charge in [0.25, 0.3) is 5.91 Å². The minimum atomic E-state index is -6.36. The van der Waals surface area contributed by atoms with Crippen molar-refractivity contribution in [3.05, 3.63) is 62.2 Å². The number of sulfonamides is 1. The number of hydrogen-bond acceptors (Lipinski definition) is 4. The minimum absolute atomic E-state index is 0.00734. The van der Waals surface area contributed by atoms with Crippen LogP contribution in [-0.2, 0) is 15.7 Å². The zero-order valence-electron chi connectivity index (χ0n) is 20.5. The van der Waals surface area contributed by atoms with Gasteiger partial charge in [0.1, 0.15) is 0 Å². The molecule has 0 spiro atoms. The number of carbonyl (C=O) groups excluding carboxylic acids is 2. The van der Waals surface area contributed by atoms with Gasteiger partial charge in [-0.2, -0.15) is 26.3 Å². The lowest BCUT2D eigenvalue weighted by Crippen LogP contribution is -2.50. The van der Waals surface area contributed by atoms with Gasteiger partial charge in [-0.3, -0.25) is 9.59 Å². The molecule has 7 nitrogen and oxygen atoms in total. The highest BCUT2D eigenvalue weighted by Crippen LogP contribution is 2.53. The van der Waals surface area contributed by atoms with Crippen LogP contribution in [0.15, 0.2) is 36.4 Å². The zero-order chi connectivity index (χ0) is 30.1. The second kappa shape index (κ2) is 11.6. The third-order valence-electron chi connectivity index (χ3n) is 5.61. The minimum Gasteiger partial charge on any atom is -0.366 e. The summed E-state index contributed by atoms with van der Waals surface area (Å²) in [5.41, 5.74) is -3.37. The fourth-order valence-corrected chi connectivity index (χ4v) is 5.98. The number of anilines is 1. The van der Waals surface area contributed by atoms with Crippen LogP contribution in [-0.4, -0.2) is 50.9 Å². The van der Waals surface area contributed by atoms with E-state index in [9.17, 15) is 48.7 Å². The van der Waals surface area contributed by atoms with Crippen LogP contribution in [0.25, 0.3) is 0 Å². The molecule has 0 aromatic heterocycles. The average molecular weight is 697 g/mol. The molecular formula is C23H23F7IN3O4S. The van der Waals surface area contributed by atoms with Crippen LogP contribution in [0.1, 0.15) is 45.7 Å². The summed E-state index contributed by atoms with van der Waals surface area (Å²) >= 11 is 1.71. The Morgan fingerprint density at radius 3 is 2.08 bits per heavy atom. The monoisotopic (exact) mass is 697 g/mol. The molecule has 2 amide bonds. The zero-order valence-corrected chi connectivity index (χ0v) is 23.5. The number of rotatable bonds is 9. The lowest BCUT2D eigenvalue weighted by Gasteiger charge is -2.33. The predicted octanol–water partition coefficient (Wildman–Crippen LogP) is 4.96. The second-order valence-corrected chi connectivity index (χ2v) is 11.5. The first kappa shape index (κ1) is 32.7. The van der Waals surface area contributed by atoms with Gasteiger partial charge >= 0.3 is 18.0 Å². The van der Waals surface area contributed by atoms with Gasteiger partial charge in [-0.15, -0.1) is 0 Å². The smallest absolute Gasteiger partial charge is 0.366 e. The molecule has 0 aliphatic rings. The molecule has 2 aromatic carbocycles. The number of halogens is 8. The third kappa shape index (κ3) is 6.65. The first-order chi connectivity index (χ1) is 17.7. The maximum Gasteiger partial charge on any atom is 0.435 e. The number of nitrogens with one attached hydrogen (secondary N) is 1. The van der Waals surface area contributed by atoms with E-state index < -0.39 is 62.8 Å². The standard InChI is InChI=1S/C23H23F7IN3O4S/c1-4-33-39(37,38)11-13(3)34(20(36)18-15(19(32)35)6-5-7-16(18)31)17-9-8-14(10-12(17)2)21(24,22(25,26)27)23(28,29)30/h5-10,13,33H,4,11H2,1-3H3,(H2,32,35). The van der Waals surface area contributed by atoms with E-state index in [4.69, 9.17) is 5.73 Å². The molecule has 0 fully saturated rings. The van der Waals surface area contributed by atoms with E-state index in [1.165, 1.54) is 32.0 Å². The number of carbonyl (C=O) groups is 2. The molecule has 0 radical (unpaired) electrons. The van der Waals surface area contributed by atoms with Crippen molar-refractivity contribution in [3.63, 3.8) is 0 Å². The molecule has 0 aliphatic carbocycles. The third-order valence-corrected chi connectivity index (χ3v) is 8.16. The lowest BCUT2D eigenvalue weighted by molar-refractivity contribution is -0.348. The quantitative estimate of drug-likeness (QED) is 0.285. The van der Waals surface area contributed by atoms with Crippen molar-refractivity contribution in [2.75, 3.05) is 17.2 Å². The van der Waals surface area contributed by atoms with Crippen LogP contribution in [0.4, 0.5) is 36.4 Å². The Morgan fingerprint density at radius 2 is 1.62 bits per heavy atom. The van der Waals surface area contributed by atoms with Gasteiger partial charge < -0.3 is 10.6 Å². The number of primary amides is 1. The average Bonchev–Trinajstić information content (AvgIpc) is 2.77. The van der Waals surface area contributed by atoms with Gasteiger partial charge in [0.05, 0.1) is 16.9 Å². The molecule has 3 N–H and O–H groups in total. The molecule has 1 atom stereocenters. The Balaban J connectivity index is 2.81. The Bertz CT molecular complexity index is 1350. The highest BCUT2D eigenvalue weighted by atomic mass is 127. The van der Waals surface area contributed by atoms with Crippen LogP contribution in [0.2, 0.25) is 0 Å². The van der Waals surface area contributed by atoms with Crippen LogP contribution < -0.4 is 15.4 Å². The Labute approximate surface area is 233 Å². The van der Waals surface area contributed by atoms with E-state index in [-0.39, 0.29) is 39.1 Å². The van der Waals surface area contributed by atoms with Crippen molar-refractivity contribution in [2.45, 2.75) is 44.8 Å². The molecule has 2 aromatic rings. The summed E-state index contributed by atoms with van der Waals surface area (Å²) in [5.74, 6) is -2.77. The summed E-state index contributed by atoms with van der Waals surface area (Å²) in [7, 11) is -4.01. The van der Waals surface area contributed by atoms with Crippen LogP contribution in [0, 0.1) is 10.5 Å². The Hall–Kier alpha value is -2.47. The van der Waals surface area contributed by atoms with E-state index in [1.807, 2.05) is 0 Å². The molecule has 0 heterocycles. The normalized spacial score (nSPS) is 13.7. The fourth-order valence-electron chi connectivity index (χ4n) is 3.91. The van der Waals surface area contributed by atoms with Gasteiger partial charge in [-0.05, 0) is 60.2 Å². The molecule has 2 rings (SSSR count). The van der Waals surface area contributed by atoms with Crippen molar-refractivity contribution < 1.29 is 48.7 Å². The first-order valence-corrected chi connectivity index (χ1v) is 13.7. The van der Waals surface area contributed by atoms with Crippen LogP contribution in [0.5, 0.6) is 0 Å². The molecule has 1 unspecified atom stereocenters. The van der Waals surface area contributed by atoms with E-state index in [0.717, 1.165) is 11.8 Å². The Morgan fingerprint density at radius 1 is 1.05 bits per heavy atom. The molecule has 16 heteroatoms. The van der Waals surface area contributed by atoms with Crippen molar-refractivity contribution in [1.82, 2.24) is 4.72 Å². The Kier molecular flexibility index (Phi) is 9.71. The van der Waals surface area contributed by atoms with Crippen molar-refractivity contribution in [2.24, 2.45) is 5.73 Å². The summed E-state index contributed by atoms with van der Waals surface area (Å²) in [5, 5.41) is 0. The summed E-state index contributed by atoms with van der Waals surface area (Å²) in [6, 6.07) is 3.95. The predicted molar refractivity (Wildman–Crippen MR) is 137 cm³/mol. The van der Waals surface area contributed by atoms with Crippen LogP contribution >= 0.6 is 22.6 Å². The molecule has 39 heavy (non-hydrogen) atoms.